The molecular weight excluding hydrogens is 387 g/mol. The highest BCUT2D eigenvalue weighted by Gasteiger charge is 2.16. The molecule has 2 N–H and O–H groups in total. The van der Waals surface area contributed by atoms with Crippen LogP contribution in [0.5, 0.6) is 0 Å². The van der Waals surface area contributed by atoms with E-state index in [9.17, 15) is 4.79 Å². The van der Waals surface area contributed by atoms with E-state index in [0.29, 0.717) is 12.5 Å². The van der Waals surface area contributed by atoms with Gasteiger partial charge in [0.15, 0.2) is 0 Å². The van der Waals surface area contributed by atoms with Gasteiger partial charge >= 0.3 is 0 Å². The van der Waals surface area contributed by atoms with Crippen molar-refractivity contribution in [2.45, 2.75) is 19.9 Å². The van der Waals surface area contributed by atoms with Crippen molar-refractivity contribution in [3.05, 3.63) is 63.7 Å². The second-order valence-electron chi connectivity index (χ2n) is 5.54. The Labute approximate surface area is 145 Å². The van der Waals surface area contributed by atoms with Crippen LogP contribution >= 0.6 is 22.6 Å². The molecule has 0 heterocycles. The molecule has 0 saturated heterocycles. The van der Waals surface area contributed by atoms with Crippen molar-refractivity contribution < 1.29 is 4.79 Å². The van der Waals surface area contributed by atoms with Crippen LogP contribution in [0.15, 0.2) is 54.6 Å². The van der Waals surface area contributed by atoms with Crippen LogP contribution in [0.1, 0.15) is 25.5 Å². The molecule has 0 unspecified atom stereocenters. The standard InChI is InChI=1S/C18H21IN2O/c1-13(2)18(14-8-4-3-5-9-14)20-12-17(22)21-16-11-7-6-10-15(16)19/h3-11,13,18,20H,12H2,1-2H3,(H,21,22)/t18-/m0/s1. The zero-order valence-electron chi connectivity index (χ0n) is 12.8. The maximum absolute atomic E-state index is 12.1. The minimum absolute atomic E-state index is 0.0225. The molecule has 3 nitrogen and oxygen atoms in total. The van der Waals surface area contributed by atoms with Crippen LogP contribution in [0, 0.1) is 9.49 Å². The number of halogens is 1. The number of hydrogen-bond acceptors (Lipinski definition) is 2. The third-order valence-corrected chi connectivity index (χ3v) is 4.40. The molecule has 0 radical (unpaired) electrons. The molecule has 22 heavy (non-hydrogen) atoms. The van der Waals surface area contributed by atoms with Gasteiger partial charge in [0.05, 0.1) is 12.2 Å². The first-order chi connectivity index (χ1) is 10.6. The Morgan fingerprint density at radius 1 is 1.05 bits per heavy atom. The normalized spacial score (nSPS) is 12.2. The lowest BCUT2D eigenvalue weighted by molar-refractivity contribution is -0.115. The summed E-state index contributed by atoms with van der Waals surface area (Å²) in [6, 6.07) is 18.2. The predicted molar refractivity (Wildman–Crippen MR) is 99.8 cm³/mol. The number of para-hydroxylation sites is 1. The molecule has 116 valence electrons. The van der Waals surface area contributed by atoms with Crippen molar-refractivity contribution in [3.8, 4) is 0 Å². The van der Waals surface area contributed by atoms with E-state index in [4.69, 9.17) is 0 Å². The quantitative estimate of drug-likeness (QED) is 0.703. The van der Waals surface area contributed by atoms with Crippen molar-refractivity contribution >= 4 is 34.2 Å². The van der Waals surface area contributed by atoms with E-state index >= 15 is 0 Å². The molecule has 2 aromatic rings. The zero-order valence-corrected chi connectivity index (χ0v) is 15.0. The van der Waals surface area contributed by atoms with Gasteiger partial charge in [-0.2, -0.15) is 0 Å². The molecule has 4 heteroatoms. The summed E-state index contributed by atoms with van der Waals surface area (Å²) < 4.78 is 1.04. The fraction of sp³-hybridized carbons (Fsp3) is 0.278. The van der Waals surface area contributed by atoms with E-state index in [0.717, 1.165) is 9.26 Å². The lowest BCUT2D eigenvalue weighted by Gasteiger charge is -2.22. The summed E-state index contributed by atoms with van der Waals surface area (Å²) in [6.45, 7) is 4.61. The van der Waals surface area contributed by atoms with Crippen molar-refractivity contribution in [2.24, 2.45) is 5.92 Å². The van der Waals surface area contributed by atoms with E-state index in [-0.39, 0.29) is 11.9 Å². The Hall–Kier alpha value is -1.40. The number of hydrogen-bond donors (Lipinski definition) is 2. The lowest BCUT2D eigenvalue weighted by atomic mass is 9.96. The minimum atomic E-state index is -0.0225. The summed E-state index contributed by atoms with van der Waals surface area (Å²) in [5.74, 6) is 0.387. The highest BCUT2D eigenvalue weighted by atomic mass is 127. The number of anilines is 1. The SMILES string of the molecule is CC(C)[C@H](NCC(=O)Nc1ccccc1I)c1ccccc1. The van der Waals surface area contributed by atoms with E-state index < -0.39 is 0 Å². The maximum Gasteiger partial charge on any atom is 0.238 e. The Morgan fingerprint density at radius 2 is 1.68 bits per heavy atom. The first-order valence-corrected chi connectivity index (χ1v) is 8.48. The molecule has 2 aromatic carbocycles. The van der Waals surface area contributed by atoms with Crippen molar-refractivity contribution in [1.29, 1.82) is 0 Å². The monoisotopic (exact) mass is 408 g/mol. The van der Waals surface area contributed by atoms with Gasteiger partial charge in [-0.3, -0.25) is 4.79 Å². The molecule has 0 aliphatic rings. The topological polar surface area (TPSA) is 41.1 Å². The Kier molecular flexibility index (Phi) is 6.39. The largest absolute Gasteiger partial charge is 0.324 e. The molecule has 1 amide bonds. The van der Waals surface area contributed by atoms with Gasteiger partial charge in [0.2, 0.25) is 5.91 Å². The fourth-order valence-corrected chi connectivity index (χ4v) is 2.88. The fourth-order valence-electron chi connectivity index (χ4n) is 2.36. The second kappa shape index (κ2) is 8.29. The van der Waals surface area contributed by atoms with Gasteiger partial charge in [-0.15, -0.1) is 0 Å². The zero-order chi connectivity index (χ0) is 15.9. The number of carbonyl (C=O) groups excluding carboxylic acids is 1. The molecule has 0 bridgehead atoms. The molecule has 0 saturated carbocycles. The number of benzene rings is 2. The number of rotatable bonds is 6. The van der Waals surface area contributed by atoms with Crippen LogP contribution in [0.25, 0.3) is 0 Å². The molecular formula is C18H21IN2O. The summed E-state index contributed by atoms with van der Waals surface area (Å²) in [5, 5.41) is 6.31. The van der Waals surface area contributed by atoms with Crippen molar-refractivity contribution in [3.63, 3.8) is 0 Å². The highest BCUT2D eigenvalue weighted by Crippen LogP contribution is 2.21. The van der Waals surface area contributed by atoms with Crippen LogP contribution in [-0.2, 0) is 4.79 Å². The Balaban J connectivity index is 1.95. The van der Waals surface area contributed by atoms with Gasteiger partial charge in [-0.25, -0.2) is 0 Å². The van der Waals surface area contributed by atoms with Gasteiger partial charge in [-0.1, -0.05) is 56.3 Å². The van der Waals surface area contributed by atoms with Crippen LogP contribution in [-0.4, -0.2) is 12.5 Å². The van der Waals surface area contributed by atoms with E-state index in [1.54, 1.807) is 0 Å². The van der Waals surface area contributed by atoms with E-state index in [1.165, 1.54) is 5.56 Å². The van der Waals surface area contributed by atoms with Gasteiger partial charge in [0, 0.05) is 9.61 Å². The highest BCUT2D eigenvalue weighted by molar-refractivity contribution is 14.1. The van der Waals surface area contributed by atoms with E-state index in [2.05, 4.69) is 59.2 Å². The number of nitrogens with one attached hydrogen (secondary N) is 2. The van der Waals surface area contributed by atoms with Crippen molar-refractivity contribution in [2.75, 3.05) is 11.9 Å². The van der Waals surface area contributed by atoms with Crippen LogP contribution in [0.3, 0.4) is 0 Å². The average molecular weight is 408 g/mol. The first-order valence-electron chi connectivity index (χ1n) is 7.40. The summed E-state index contributed by atoms with van der Waals surface area (Å²) in [5.41, 5.74) is 2.07. The molecule has 0 spiro atoms. The van der Waals surface area contributed by atoms with Gasteiger partial charge in [0.25, 0.3) is 0 Å². The van der Waals surface area contributed by atoms with Crippen LogP contribution in [0.2, 0.25) is 0 Å². The van der Waals surface area contributed by atoms with E-state index in [1.807, 2.05) is 42.5 Å². The Bertz CT molecular complexity index is 613. The lowest BCUT2D eigenvalue weighted by Crippen LogP contribution is -2.33. The first kappa shape index (κ1) is 17.0. The number of carbonyl (C=O) groups is 1. The van der Waals surface area contributed by atoms with Gasteiger partial charge in [0.1, 0.15) is 0 Å². The Morgan fingerprint density at radius 3 is 2.32 bits per heavy atom. The third kappa shape index (κ3) is 4.81. The third-order valence-electron chi connectivity index (χ3n) is 3.46. The predicted octanol–water partition coefficient (Wildman–Crippen LogP) is 4.22. The summed E-state index contributed by atoms with van der Waals surface area (Å²) >= 11 is 2.22. The van der Waals surface area contributed by atoms with Gasteiger partial charge < -0.3 is 10.6 Å². The summed E-state index contributed by atoms with van der Waals surface area (Å²) in [4.78, 5) is 12.1. The molecule has 0 fully saturated rings. The maximum atomic E-state index is 12.1. The number of amides is 1. The van der Waals surface area contributed by atoms with Crippen molar-refractivity contribution in [1.82, 2.24) is 5.32 Å². The van der Waals surface area contributed by atoms with Crippen LogP contribution in [0.4, 0.5) is 5.69 Å². The van der Waals surface area contributed by atoms with Gasteiger partial charge in [-0.05, 0) is 46.2 Å². The summed E-state index contributed by atoms with van der Waals surface area (Å²) in [7, 11) is 0. The smallest absolute Gasteiger partial charge is 0.238 e. The molecule has 0 aliphatic carbocycles. The molecule has 2 rings (SSSR count). The summed E-state index contributed by atoms with van der Waals surface area (Å²) in [6.07, 6.45) is 0. The molecule has 1 atom stereocenters. The molecule has 0 aromatic heterocycles. The second-order valence-corrected chi connectivity index (χ2v) is 6.70. The minimum Gasteiger partial charge on any atom is -0.324 e. The van der Waals surface area contributed by atoms with Crippen LogP contribution < -0.4 is 10.6 Å². The average Bonchev–Trinajstić information content (AvgIpc) is 2.50. The molecule has 0 aliphatic heterocycles.